The summed E-state index contributed by atoms with van der Waals surface area (Å²) in [5, 5.41) is 18.8. The average Bonchev–Trinajstić information content (AvgIpc) is 3.14. The average molecular weight is 398 g/mol. The Bertz CT molecular complexity index is 1220. The van der Waals surface area contributed by atoms with Crippen LogP contribution in [0, 0.1) is 5.82 Å². The highest BCUT2D eigenvalue weighted by Crippen LogP contribution is 2.31. The first-order valence-electron chi connectivity index (χ1n) is 8.55. The number of nitrogens with zero attached hydrogens (tertiary/aromatic N) is 2. The molecule has 0 bridgehead atoms. The van der Waals surface area contributed by atoms with Gasteiger partial charge in [-0.25, -0.2) is 9.18 Å². The molecule has 4 aromatic rings. The maximum atomic E-state index is 13.9. The number of thioether (sulfide) groups is 1. The Hall–Kier alpha value is -3.13. The molecule has 2 heterocycles. The van der Waals surface area contributed by atoms with Crippen molar-refractivity contribution in [2.75, 3.05) is 0 Å². The molecule has 6 nitrogen and oxygen atoms in total. The molecule has 0 aliphatic heterocycles. The van der Waals surface area contributed by atoms with Crippen LogP contribution < -0.4 is 5.63 Å². The van der Waals surface area contributed by atoms with Gasteiger partial charge >= 0.3 is 5.63 Å². The number of aromatic nitrogens is 2. The van der Waals surface area contributed by atoms with Gasteiger partial charge in [0.15, 0.2) is 0 Å². The van der Waals surface area contributed by atoms with Gasteiger partial charge < -0.3 is 13.9 Å². The summed E-state index contributed by atoms with van der Waals surface area (Å²) in [5.41, 5.74) is 1.51. The number of aryl methyl sites for hydroxylation is 1. The van der Waals surface area contributed by atoms with Crippen molar-refractivity contribution in [3.05, 3.63) is 69.8 Å². The molecule has 0 amide bonds. The summed E-state index contributed by atoms with van der Waals surface area (Å²) in [6.45, 7) is 1.93. The zero-order valence-corrected chi connectivity index (χ0v) is 15.6. The Labute approximate surface area is 163 Å². The van der Waals surface area contributed by atoms with Crippen molar-refractivity contribution in [3.63, 3.8) is 0 Å². The van der Waals surface area contributed by atoms with Crippen molar-refractivity contribution in [3.8, 4) is 17.2 Å². The number of fused-ring (bicyclic) bond motifs is 1. The van der Waals surface area contributed by atoms with Gasteiger partial charge in [0, 0.05) is 23.3 Å². The monoisotopic (exact) mass is 398 g/mol. The van der Waals surface area contributed by atoms with E-state index in [1.165, 1.54) is 30.0 Å². The topological polar surface area (TPSA) is 89.4 Å². The summed E-state index contributed by atoms with van der Waals surface area (Å²) in [4.78, 5) is 11.9. The second kappa shape index (κ2) is 7.47. The van der Waals surface area contributed by atoms with Crippen LogP contribution in [0.2, 0.25) is 0 Å². The lowest BCUT2D eigenvalue weighted by Crippen LogP contribution is -2.00. The summed E-state index contributed by atoms with van der Waals surface area (Å²) >= 11 is 1.23. The smallest absolute Gasteiger partial charge is 0.336 e. The van der Waals surface area contributed by atoms with E-state index in [1.807, 2.05) is 13.0 Å². The van der Waals surface area contributed by atoms with Gasteiger partial charge in [-0.1, -0.05) is 30.8 Å². The van der Waals surface area contributed by atoms with Crippen LogP contribution in [0.5, 0.6) is 5.75 Å². The lowest BCUT2D eigenvalue weighted by atomic mass is 10.1. The van der Waals surface area contributed by atoms with Gasteiger partial charge in [-0.3, -0.25) is 0 Å². The molecule has 0 aliphatic rings. The maximum absolute atomic E-state index is 13.9. The van der Waals surface area contributed by atoms with Gasteiger partial charge in [0.1, 0.15) is 17.1 Å². The molecule has 28 heavy (non-hydrogen) atoms. The van der Waals surface area contributed by atoms with Crippen molar-refractivity contribution in [1.29, 1.82) is 0 Å². The molecule has 0 atom stereocenters. The van der Waals surface area contributed by atoms with Gasteiger partial charge in [-0.15, -0.1) is 10.2 Å². The van der Waals surface area contributed by atoms with E-state index in [-0.39, 0.29) is 22.4 Å². The highest BCUT2D eigenvalue weighted by atomic mass is 32.2. The van der Waals surface area contributed by atoms with Crippen molar-refractivity contribution < 1.29 is 18.3 Å². The fourth-order valence-electron chi connectivity index (χ4n) is 2.86. The van der Waals surface area contributed by atoms with Crippen molar-refractivity contribution in [2.24, 2.45) is 0 Å². The predicted octanol–water partition coefficient (Wildman–Crippen LogP) is 4.54. The molecule has 2 aromatic carbocycles. The Morgan fingerprint density at radius 3 is 2.71 bits per heavy atom. The Balaban J connectivity index is 1.63. The molecule has 4 rings (SSSR count). The minimum Gasteiger partial charge on any atom is -0.508 e. The first kappa shape index (κ1) is 18.2. The SMILES string of the molecule is CCc1cc2c(CSc3nnc(-c4ccccc4F)o3)cc(=O)oc2cc1O. The quantitative estimate of drug-likeness (QED) is 0.390. The lowest BCUT2D eigenvalue weighted by Gasteiger charge is -2.07. The molecule has 1 N–H and O–H groups in total. The van der Waals surface area contributed by atoms with Crippen LogP contribution in [0.1, 0.15) is 18.1 Å². The highest BCUT2D eigenvalue weighted by molar-refractivity contribution is 7.98. The first-order chi connectivity index (χ1) is 13.5. The Kier molecular flexibility index (Phi) is 4.87. The number of hydrogen-bond donors (Lipinski definition) is 1. The predicted molar refractivity (Wildman–Crippen MR) is 103 cm³/mol. The number of phenols is 1. The van der Waals surface area contributed by atoms with E-state index in [1.54, 1.807) is 18.2 Å². The Morgan fingerprint density at radius 1 is 1.11 bits per heavy atom. The van der Waals surface area contributed by atoms with Gasteiger partial charge in [0.25, 0.3) is 11.1 Å². The van der Waals surface area contributed by atoms with Crippen LogP contribution >= 0.6 is 11.8 Å². The summed E-state index contributed by atoms with van der Waals surface area (Å²) in [6.07, 6.45) is 0.642. The van der Waals surface area contributed by atoms with E-state index in [0.717, 1.165) is 16.5 Å². The van der Waals surface area contributed by atoms with Gasteiger partial charge in [0.2, 0.25) is 0 Å². The van der Waals surface area contributed by atoms with Gasteiger partial charge in [-0.2, -0.15) is 0 Å². The molecular weight excluding hydrogens is 383 g/mol. The summed E-state index contributed by atoms with van der Waals surface area (Å²) in [5.74, 6) is 0.112. The lowest BCUT2D eigenvalue weighted by molar-refractivity contribution is 0.462. The van der Waals surface area contributed by atoms with Gasteiger partial charge in [0.05, 0.1) is 5.56 Å². The summed E-state index contributed by atoms with van der Waals surface area (Å²) in [6, 6.07) is 10.8. The molecule has 0 radical (unpaired) electrons. The van der Waals surface area contributed by atoms with E-state index in [4.69, 9.17) is 8.83 Å². The van der Waals surface area contributed by atoms with Gasteiger partial charge in [-0.05, 0) is 35.7 Å². The molecule has 0 saturated heterocycles. The number of benzene rings is 2. The molecule has 142 valence electrons. The van der Waals surface area contributed by atoms with Crippen molar-refractivity contribution >= 4 is 22.7 Å². The molecule has 8 heteroatoms. The third kappa shape index (κ3) is 3.50. The van der Waals surface area contributed by atoms with E-state index in [9.17, 15) is 14.3 Å². The number of rotatable bonds is 5. The zero-order chi connectivity index (χ0) is 19.7. The molecule has 2 aromatic heterocycles. The van der Waals surface area contributed by atoms with E-state index < -0.39 is 11.4 Å². The Morgan fingerprint density at radius 2 is 1.93 bits per heavy atom. The molecule has 0 spiro atoms. The standard InChI is InChI=1S/C20H15FN2O4S/c1-2-11-7-14-12(8-18(25)26-17(14)9-16(11)24)10-28-20-23-22-19(27-20)13-5-3-4-6-15(13)21/h3-9,24H,2,10H2,1H3. The number of halogens is 1. The third-order valence-corrected chi connectivity index (χ3v) is 5.14. The number of hydrogen-bond acceptors (Lipinski definition) is 7. The van der Waals surface area contributed by atoms with E-state index >= 15 is 0 Å². The molecule has 0 fully saturated rings. The third-order valence-electron chi connectivity index (χ3n) is 4.27. The zero-order valence-electron chi connectivity index (χ0n) is 14.8. The van der Waals surface area contributed by atoms with Crippen LogP contribution in [-0.2, 0) is 12.2 Å². The fourth-order valence-corrected chi connectivity index (χ4v) is 3.62. The fraction of sp³-hybridized carbons (Fsp3) is 0.150. The molecule has 0 aliphatic carbocycles. The second-order valence-electron chi connectivity index (χ2n) is 6.06. The van der Waals surface area contributed by atoms with Crippen LogP contribution in [0.25, 0.3) is 22.4 Å². The van der Waals surface area contributed by atoms with Crippen LogP contribution in [-0.4, -0.2) is 15.3 Å². The molecule has 0 saturated carbocycles. The highest BCUT2D eigenvalue weighted by Gasteiger charge is 2.15. The van der Waals surface area contributed by atoms with Crippen molar-refractivity contribution in [1.82, 2.24) is 10.2 Å². The minimum absolute atomic E-state index is 0.0920. The second-order valence-corrected chi connectivity index (χ2v) is 6.99. The van der Waals surface area contributed by atoms with Crippen LogP contribution in [0.3, 0.4) is 0 Å². The normalized spacial score (nSPS) is 11.2. The van der Waals surface area contributed by atoms with Crippen molar-refractivity contribution in [2.45, 2.75) is 24.3 Å². The minimum atomic E-state index is -0.510. The summed E-state index contributed by atoms with van der Waals surface area (Å²) < 4.78 is 24.6. The largest absolute Gasteiger partial charge is 0.508 e. The summed E-state index contributed by atoms with van der Waals surface area (Å²) in [7, 11) is 0. The molecular formula is C20H15FN2O4S. The number of aromatic hydroxyl groups is 1. The van der Waals surface area contributed by atoms with E-state index in [0.29, 0.717) is 17.8 Å². The maximum Gasteiger partial charge on any atom is 0.336 e. The van der Waals surface area contributed by atoms with Crippen LogP contribution in [0.15, 0.2) is 61.3 Å². The van der Waals surface area contributed by atoms with E-state index in [2.05, 4.69) is 10.2 Å². The molecule has 0 unspecified atom stereocenters. The number of phenolic OH excluding ortho intramolecular Hbond substituents is 1. The first-order valence-corrected chi connectivity index (χ1v) is 9.53. The van der Waals surface area contributed by atoms with Crippen LogP contribution in [0.4, 0.5) is 4.39 Å².